The minimum Gasteiger partial charge on any atom is -0.262 e. The highest BCUT2D eigenvalue weighted by atomic mass is 35.5. The molecule has 0 saturated carbocycles. The van der Waals surface area contributed by atoms with Crippen LogP contribution in [0, 0.1) is 10.1 Å². The van der Waals surface area contributed by atoms with Crippen LogP contribution in [0.1, 0.15) is 4.88 Å². The van der Waals surface area contributed by atoms with E-state index in [4.69, 9.17) is 11.6 Å². The number of rotatable bonds is 4. The van der Waals surface area contributed by atoms with Gasteiger partial charge in [-0.2, -0.15) is 5.10 Å². The average Bonchev–Trinajstić information content (AvgIpc) is 2.88. The van der Waals surface area contributed by atoms with Crippen LogP contribution >= 0.6 is 22.9 Å². The Morgan fingerprint density at radius 1 is 1.47 bits per heavy atom. The van der Waals surface area contributed by atoms with Crippen molar-refractivity contribution in [3.8, 4) is 0 Å². The molecule has 1 aromatic carbocycles. The van der Waals surface area contributed by atoms with E-state index in [1.165, 1.54) is 11.1 Å². The lowest BCUT2D eigenvalue weighted by Crippen LogP contribution is -2.10. The first-order valence-electron chi connectivity index (χ1n) is 5.33. The van der Waals surface area contributed by atoms with Crippen molar-refractivity contribution in [1.82, 2.24) is 0 Å². The smallest absolute Gasteiger partial charge is 0.262 e. The number of hydrogen-bond donors (Lipinski definition) is 0. The highest BCUT2D eigenvalue weighted by molar-refractivity contribution is 7.11. The van der Waals surface area contributed by atoms with E-state index in [9.17, 15) is 10.1 Å². The molecule has 0 aliphatic heterocycles. The largest absolute Gasteiger partial charge is 0.295 e. The molecule has 19 heavy (non-hydrogen) atoms. The maximum atomic E-state index is 11.0. The molecule has 0 atom stereocenters. The van der Waals surface area contributed by atoms with E-state index in [1.807, 2.05) is 17.5 Å². The van der Waals surface area contributed by atoms with E-state index in [-0.39, 0.29) is 5.69 Å². The zero-order valence-corrected chi connectivity index (χ0v) is 11.6. The Balaban J connectivity index is 2.28. The van der Waals surface area contributed by atoms with Gasteiger partial charge in [0.1, 0.15) is 5.69 Å². The predicted molar refractivity (Wildman–Crippen MR) is 78.4 cm³/mol. The maximum absolute atomic E-state index is 11.0. The van der Waals surface area contributed by atoms with Gasteiger partial charge in [0, 0.05) is 23.0 Å². The molecular formula is C12H10ClN3O2S. The van der Waals surface area contributed by atoms with Crippen molar-refractivity contribution < 1.29 is 4.92 Å². The molecule has 0 radical (unpaired) electrons. The summed E-state index contributed by atoms with van der Waals surface area (Å²) in [7, 11) is 1.65. The Bertz CT molecular complexity index is 613. The van der Waals surface area contributed by atoms with Crippen LogP contribution in [0.5, 0.6) is 0 Å². The summed E-state index contributed by atoms with van der Waals surface area (Å²) in [5.74, 6) is 0. The third-order valence-electron chi connectivity index (χ3n) is 2.38. The quantitative estimate of drug-likeness (QED) is 0.490. The molecule has 0 spiro atoms. The van der Waals surface area contributed by atoms with Crippen molar-refractivity contribution in [3.63, 3.8) is 0 Å². The summed E-state index contributed by atoms with van der Waals surface area (Å²) in [6.45, 7) is 0. The first-order valence-corrected chi connectivity index (χ1v) is 6.59. The molecule has 98 valence electrons. The number of thiophene rings is 1. The minimum atomic E-state index is -0.474. The Hall–Kier alpha value is -1.92. The molecule has 2 aromatic rings. The van der Waals surface area contributed by atoms with E-state index in [1.54, 1.807) is 36.7 Å². The highest BCUT2D eigenvalue weighted by Crippen LogP contribution is 2.30. The van der Waals surface area contributed by atoms with Gasteiger partial charge in [0.15, 0.2) is 0 Å². The third-order valence-corrected chi connectivity index (χ3v) is 3.43. The van der Waals surface area contributed by atoms with Gasteiger partial charge in [-0.3, -0.25) is 15.1 Å². The number of hydrazone groups is 1. The van der Waals surface area contributed by atoms with Gasteiger partial charge in [-0.15, -0.1) is 11.3 Å². The molecule has 0 N–H and O–H groups in total. The molecule has 0 saturated heterocycles. The Morgan fingerprint density at radius 2 is 2.26 bits per heavy atom. The zero-order chi connectivity index (χ0) is 13.8. The van der Waals surface area contributed by atoms with E-state index < -0.39 is 4.92 Å². The molecule has 0 aliphatic rings. The molecule has 0 bridgehead atoms. The van der Waals surface area contributed by atoms with Gasteiger partial charge in [-0.05, 0) is 23.6 Å². The fraction of sp³-hybridized carbons (Fsp3) is 0.0833. The average molecular weight is 296 g/mol. The molecule has 1 heterocycles. The molecule has 0 fully saturated rings. The summed E-state index contributed by atoms with van der Waals surface area (Å²) in [6.07, 6.45) is 1.66. The van der Waals surface area contributed by atoms with E-state index >= 15 is 0 Å². The summed E-state index contributed by atoms with van der Waals surface area (Å²) in [6, 6.07) is 8.32. The molecule has 0 aliphatic carbocycles. The predicted octanol–water partition coefficient (Wildman–Crippen LogP) is 3.78. The van der Waals surface area contributed by atoms with E-state index in [0.717, 1.165) is 4.88 Å². The third kappa shape index (κ3) is 3.30. The molecule has 1 aromatic heterocycles. The van der Waals surface area contributed by atoms with Crippen LogP contribution in [0.25, 0.3) is 0 Å². The van der Waals surface area contributed by atoms with Crippen LogP contribution in [0.3, 0.4) is 0 Å². The van der Waals surface area contributed by atoms with Crippen LogP contribution in [-0.2, 0) is 0 Å². The van der Waals surface area contributed by atoms with Gasteiger partial charge in [0.25, 0.3) is 5.69 Å². The monoisotopic (exact) mass is 295 g/mol. The van der Waals surface area contributed by atoms with Crippen LogP contribution in [0.2, 0.25) is 5.02 Å². The van der Waals surface area contributed by atoms with E-state index in [0.29, 0.717) is 10.7 Å². The number of halogens is 1. The van der Waals surface area contributed by atoms with Crippen molar-refractivity contribution in [2.24, 2.45) is 5.10 Å². The Labute approximate surface area is 118 Å². The van der Waals surface area contributed by atoms with Crippen molar-refractivity contribution in [2.75, 3.05) is 12.1 Å². The van der Waals surface area contributed by atoms with Gasteiger partial charge >= 0.3 is 0 Å². The SMILES string of the molecule is CN(/N=C/c1cccs1)c1ccc(Cl)cc1[N+](=O)[O-]. The lowest BCUT2D eigenvalue weighted by Gasteiger charge is -2.12. The lowest BCUT2D eigenvalue weighted by molar-refractivity contribution is -0.384. The summed E-state index contributed by atoms with van der Waals surface area (Å²) in [5.41, 5.74) is 0.320. The number of nitro groups is 1. The zero-order valence-electron chi connectivity index (χ0n) is 9.99. The Morgan fingerprint density at radius 3 is 2.89 bits per heavy atom. The lowest BCUT2D eigenvalue weighted by atomic mass is 10.2. The number of anilines is 1. The van der Waals surface area contributed by atoms with Gasteiger partial charge in [0.2, 0.25) is 0 Å². The van der Waals surface area contributed by atoms with Gasteiger partial charge in [-0.1, -0.05) is 17.7 Å². The molecule has 0 unspecified atom stereocenters. The van der Waals surface area contributed by atoms with Crippen LogP contribution in [0.4, 0.5) is 11.4 Å². The number of hydrogen-bond acceptors (Lipinski definition) is 5. The first kappa shape index (κ1) is 13.5. The number of benzene rings is 1. The molecule has 7 heteroatoms. The summed E-state index contributed by atoms with van der Waals surface area (Å²) in [5, 5.41) is 18.9. The van der Waals surface area contributed by atoms with Crippen molar-refractivity contribution in [1.29, 1.82) is 0 Å². The van der Waals surface area contributed by atoms with Crippen LogP contribution in [0.15, 0.2) is 40.8 Å². The van der Waals surface area contributed by atoms with Crippen LogP contribution < -0.4 is 5.01 Å². The number of nitro benzene ring substituents is 1. The normalized spacial score (nSPS) is 10.8. The van der Waals surface area contributed by atoms with Crippen molar-refractivity contribution >= 4 is 40.5 Å². The molecule has 0 amide bonds. The molecule has 5 nitrogen and oxygen atoms in total. The summed E-state index contributed by atoms with van der Waals surface area (Å²) < 4.78 is 0. The second-order valence-corrected chi connectivity index (χ2v) is 5.09. The second-order valence-electron chi connectivity index (χ2n) is 3.67. The molecule has 2 rings (SSSR count). The standard InChI is InChI=1S/C12H10ClN3O2S/c1-15(14-8-10-3-2-6-19-10)11-5-4-9(13)7-12(11)16(17)18/h2-8H,1H3/b14-8+. The number of nitrogens with zero attached hydrogens (tertiary/aromatic N) is 3. The summed E-state index contributed by atoms with van der Waals surface area (Å²) >= 11 is 7.31. The van der Waals surface area contributed by atoms with Gasteiger partial charge < -0.3 is 0 Å². The first-order chi connectivity index (χ1) is 9.08. The highest BCUT2D eigenvalue weighted by Gasteiger charge is 2.17. The fourth-order valence-corrected chi connectivity index (χ4v) is 2.23. The topological polar surface area (TPSA) is 58.7 Å². The fourth-order valence-electron chi connectivity index (χ4n) is 1.49. The Kier molecular flexibility index (Phi) is 4.13. The minimum absolute atomic E-state index is 0.0710. The maximum Gasteiger partial charge on any atom is 0.295 e. The van der Waals surface area contributed by atoms with Crippen molar-refractivity contribution in [2.45, 2.75) is 0 Å². The van der Waals surface area contributed by atoms with Gasteiger partial charge in [-0.25, -0.2) is 0 Å². The second kappa shape index (κ2) is 5.81. The summed E-state index contributed by atoms with van der Waals surface area (Å²) in [4.78, 5) is 11.5. The van der Waals surface area contributed by atoms with Crippen LogP contribution in [-0.4, -0.2) is 18.2 Å². The van der Waals surface area contributed by atoms with Crippen molar-refractivity contribution in [3.05, 3.63) is 55.7 Å². The van der Waals surface area contributed by atoms with Gasteiger partial charge in [0.05, 0.1) is 11.1 Å². The molecular weight excluding hydrogens is 286 g/mol. The van der Waals surface area contributed by atoms with E-state index in [2.05, 4.69) is 5.10 Å².